The van der Waals surface area contributed by atoms with Gasteiger partial charge in [-0.15, -0.1) is 0 Å². The van der Waals surface area contributed by atoms with Crippen molar-refractivity contribution >= 4 is 5.97 Å². The zero-order valence-corrected chi connectivity index (χ0v) is 16.4. The average Bonchev–Trinajstić information content (AvgIpc) is 2.87. The second-order valence-electron chi connectivity index (χ2n) is 8.48. The van der Waals surface area contributed by atoms with Gasteiger partial charge in [0.15, 0.2) is 0 Å². The zero-order valence-electron chi connectivity index (χ0n) is 16.4. The summed E-state index contributed by atoms with van der Waals surface area (Å²) in [7, 11) is 0. The van der Waals surface area contributed by atoms with Crippen LogP contribution in [0.3, 0.4) is 0 Å². The minimum absolute atomic E-state index is 0.219. The maximum atomic E-state index is 11.5. The standard InChI is InChI=1S/C22H32O3/c1-14(2)7-6-12-22(13-24-17(5)23)19-11-9-15(3)18-10-8-16(4)21(25-22)20(18)19/h8,10,14-15,19H,6-7,9,11-13H2,1-5H3/t15-,19+,22-/m1/s1. The van der Waals surface area contributed by atoms with E-state index in [9.17, 15) is 4.79 Å². The largest absolute Gasteiger partial charge is 0.482 e. The van der Waals surface area contributed by atoms with E-state index in [2.05, 4.69) is 39.8 Å². The van der Waals surface area contributed by atoms with E-state index in [4.69, 9.17) is 9.47 Å². The third kappa shape index (κ3) is 3.43. The van der Waals surface area contributed by atoms with Crippen LogP contribution in [-0.4, -0.2) is 18.2 Å². The Hall–Kier alpha value is -1.51. The van der Waals surface area contributed by atoms with Gasteiger partial charge >= 0.3 is 5.97 Å². The molecular weight excluding hydrogens is 312 g/mol. The number of ether oxygens (including phenoxy) is 2. The molecule has 25 heavy (non-hydrogen) atoms. The van der Waals surface area contributed by atoms with Crippen LogP contribution in [0.1, 0.15) is 88.3 Å². The Morgan fingerprint density at radius 1 is 1.36 bits per heavy atom. The second-order valence-corrected chi connectivity index (χ2v) is 8.48. The summed E-state index contributed by atoms with van der Waals surface area (Å²) in [5, 5.41) is 0. The highest BCUT2D eigenvalue weighted by Gasteiger charge is 2.52. The van der Waals surface area contributed by atoms with Crippen LogP contribution in [-0.2, 0) is 9.53 Å². The van der Waals surface area contributed by atoms with Gasteiger partial charge in [-0.05, 0) is 55.6 Å². The van der Waals surface area contributed by atoms with Crippen LogP contribution in [0.4, 0.5) is 0 Å². The van der Waals surface area contributed by atoms with Crippen LogP contribution in [0.2, 0.25) is 0 Å². The van der Waals surface area contributed by atoms with Gasteiger partial charge in [-0.3, -0.25) is 4.79 Å². The number of benzene rings is 1. The van der Waals surface area contributed by atoms with Gasteiger partial charge < -0.3 is 9.47 Å². The number of carbonyl (C=O) groups excluding carboxylic acids is 1. The molecule has 0 saturated carbocycles. The number of hydrogen-bond donors (Lipinski definition) is 0. The van der Waals surface area contributed by atoms with E-state index in [1.54, 1.807) is 0 Å². The molecule has 3 rings (SSSR count). The SMILES string of the molecule is CC(=O)OC[C@@]1(CCCC(C)C)Oc2c(C)ccc3c2[C@@H]1CC[C@H]3C. The normalized spacial score (nSPS) is 27.1. The Balaban J connectivity index is 1.95. The number of hydrogen-bond acceptors (Lipinski definition) is 3. The lowest BCUT2D eigenvalue weighted by Gasteiger charge is -2.37. The molecule has 0 amide bonds. The Morgan fingerprint density at radius 3 is 2.80 bits per heavy atom. The first-order valence-corrected chi connectivity index (χ1v) is 9.80. The van der Waals surface area contributed by atoms with Crippen molar-refractivity contribution in [3.05, 3.63) is 28.8 Å². The van der Waals surface area contributed by atoms with Crippen LogP contribution in [0.5, 0.6) is 5.75 Å². The van der Waals surface area contributed by atoms with Gasteiger partial charge in [0.2, 0.25) is 0 Å². The maximum absolute atomic E-state index is 11.5. The molecule has 3 heteroatoms. The van der Waals surface area contributed by atoms with Crippen LogP contribution in [0, 0.1) is 12.8 Å². The molecule has 1 aliphatic carbocycles. The minimum atomic E-state index is -0.385. The molecule has 1 aromatic rings. The fraction of sp³-hybridized carbons (Fsp3) is 0.682. The first kappa shape index (κ1) is 18.3. The Bertz CT molecular complexity index is 649. The van der Waals surface area contributed by atoms with Crippen molar-refractivity contribution in [1.82, 2.24) is 0 Å². The van der Waals surface area contributed by atoms with Gasteiger partial charge in [0.1, 0.15) is 18.0 Å². The Kier molecular flexibility index (Phi) is 5.13. The molecule has 3 nitrogen and oxygen atoms in total. The van der Waals surface area contributed by atoms with Crippen molar-refractivity contribution in [2.45, 2.75) is 84.2 Å². The van der Waals surface area contributed by atoms with E-state index in [1.165, 1.54) is 36.5 Å². The molecule has 0 bridgehead atoms. The number of carbonyl (C=O) groups is 1. The smallest absolute Gasteiger partial charge is 0.302 e. The topological polar surface area (TPSA) is 35.5 Å². The maximum Gasteiger partial charge on any atom is 0.302 e. The van der Waals surface area contributed by atoms with Crippen molar-refractivity contribution in [1.29, 1.82) is 0 Å². The van der Waals surface area contributed by atoms with Gasteiger partial charge in [0, 0.05) is 18.4 Å². The molecule has 0 aromatic heterocycles. The van der Waals surface area contributed by atoms with Crippen LogP contribution < -0.4 is 4.74 Å². The first-order chi connectivity index (χ1) is 11.8. The van der Waals surface area contributed by atoms with Gasteiger partial charge in [0.05, 0.1) is 0 Å². The fourth-order valence-electron chi connectivity index (χ4n) is 4.63. The van der Waals surface area contributed by atoms with Crippen molar-refractivity contribution in [3.63, 3.8) is 0 Å². The molecule has 1 aliphatic heterocycles. The molecule has 138 valence electrons. The summed E-state index contributed by atoms with van der Waals surface area (Å²) in [5.74, 6) is 2.45. The van der Waals surface area contributed by atoms with E-state index < -0.39 is 0 Å². The molecule has 0 saturated heterocycles. The van der Waals surface area contributed by atoms with E-state index in [1.807, 2.05) is 0 Å². The highest BCUT2D eigenvalue weighted by Crippen LogP contribution is 2.56. The lowest BCUT2D eigenvalue weighted by molar-refractivity contribution is -0.148. The van der Waals surface area contributed by atoms with Crippen LogP contribution in [0.15, 0.2) is 12.1 Å². The molecule has 0 unspecified atom stereocenters. The molecule has 1 heterocycles. The zero-order chi connectivity index (χ0) is 18.2. The second kappa shape index (κ2) is 7.01. The number of aryl methyl sites for hydroxylation is 1. The predicted molar refractivity (Wildman–Crippen MR) is 100 cm³/mol. The highest BCUT2D eigenvalue weighted by atomic mass is 16.6. The molecule has 0 spiro atoms. The van der Waals surface area contributed by atoms with Gasteiger partial charge in [0.25, 0.3) is 0 Å². The van der Waals surface area contributed by atoms with Gasteiger partial charge in [-0.2, -0.15) is 0 Å². The highest BCUT2D eigenvalue weighted by molar-refractivity contribution is 5.66. The van der Waals surface area contributed by atoms with E-state index in [0.717, 1.165) is 25.0 Å². The number of rotatable bonds is 6. The third-order valence-electron chi connectivity index (χ3n) is 6.04. The Morgan fingerprint density at radius 2 is 2.12 bits per heavy atom. The fourth-order valence-corrected chi connectivity index (χ4v) is 4.63. The van der Waals surface area contributed by atoms with Crippen LogP contribution in [0.25, 0.3) is 0 Å². The molecular formula is C22H32O3. The molecule has 0 radical (unpaired) electrons. The average molecular weight is 344 g/mol. The van der Waals surface area contributed by atoms with Crippen molar-refractivity contribution in [2.24, 2.45) is 5.92 Å². The molecule has 1 aromatic carbocycles. The van der Waals surface area contributed by atoms with Gasteiger partial charge in [-0.1, -0.05) is 39.3 Å². The summed E-state index contributed by atoms with van der Waals surface area (Å²) < 4.78 is 12.2. The summed E-state index contributed by atoms with van der Waals surface area (Å²) in [5.41, 5.74) is 3.65. The summed E-state index contributed by atoms with van der Waals surface area (Å²) in [4.78, 5) is 11.5. The predicted octanol–water partition coefficient (Wildman–Crippen LogP) is 5.50. The van der Waals surface area contributed by atoms with Crippen molar-refractivity contribution < 1.29 is 14.3 Å². The van der Waals surface area contributed by atoms with Crippen molar-refractivity contribution in [3.8, 4) is 5.75 Å². The summed E-state index contributed by atoms with van der Waals surface area (Å²) >= 11 is 0. The van der Waals surface area contributed by atoms with E-state index in [-0.39, 0.29) is 11.6 Å². The summed E-state index contributed by atoms with van der Waals surface area (Å²) in [6.07, 6.45) is 5.53. The number of esters is 1. The van der Waals surface area contributed by atoms with Crippen LogP contribution >= 0.6 is 0 Å². The van der Waals surface area contributed by atoms with Crippen molar-refractivity contribution in [2.75, 3.05) is 6.61 Å². The monoisotopic (exact) mass is 344 g/mol. The molecule has 3 atom stereocenters. The van der Waals surface area contributed by atoms with Gasteiger partial charge in [-0.25, -0.2) is 0 Å². The molecule has 2 aliphatic rings. The lowest BCUT2D eigenvalue weighted by Crippen LogP contribution is -2.44. The van der Waals surface area contributed by atoms with E-state index >= 15 is 0 Å². The minimum Gasteiger partial charge on any atom is -0.482 e. The summed E-state index contributed by atoms with van der Waals surface area (Å²) in [6, 6.07) is 4.47. The lowest BCUT2D eigenvalue weighted by atomic mass is 9.70. The summed E-state index contributed by atoms with van der Waals surface area (Å²) in [6.45, 7) is 10.8. The third-order valence-corrected chi connectivity index (χ3v) is 6.04. The Labute approximate surface area is 152 Å². The van der Waals surface area contributed by atoms with E-state index in [0.29, 0.717) is 24.4 Å². The molecule has 0 N–H and O–H groups in total. The molecule has 0 fully saturated rings. The quantitative estimate of drug-likeness (QED) is 0.640. The first-order valence-electron chi connectivity index (χ1n) is 9.80.